The summed E-state index contributed by atoms with van der Waals surface area (Å²) in [6.45, 7) is 2.11. The molecule has 5 nitrogen and oxygen atoms in total. The first-order valence-corrected chi connectivity index (χ1v) is 12.3. The maximum atomic E-state index is 13.8. The number of amides is 1. The monoisotopic (exact) mass is 462 g/mol. The lowest BCUT2D eigenvalue weighted by Crippen LogP contribution is -2.47. The van der Waals surface area contributed by atoms with Crippen molar-refractivity contribution >= 4 is 33.4 Å². The predicted octanol–water partition coefficient (Wildman–Crippen LogP) is 6.31. The average molecular weight is 463 g/mol. The van der Waals surface area contributed by atoms with Gasteiger partial charge in [-0.3, -0.25) is 4.79 Å². The second-order valence-corrected chi connectivity index (χ2v) is 10.5. The highest BCUT2D eigenvalue weighted by atomic mass is 32.1. The summed E-state index contributed by atoms with van der Waals surface area (Å²) < 4.78 is 0. The van der Waals surface area contributed by atoms with Crippen molar-refractivity contribution in [3.05, 3.63) is 101 Å². The van der Waals surface area contributed by atoms with Crippen LogP contribution in [0.25, 0.3) is 21.7 Å². The molecule has 2 bridgehead atoms. The maximum Gasteiger partial charge on any atom is 0.233 e. The Kier molecular flexibility index (Phi) is 4.12. The molecule has 3 aromatic carbocycles. The molecule has 2 aromatic heterocycles. The standard InChI is InChI=1S/C28H22N4OS/c1-28(14-20-16-8-2-4-10-18(16)24(28)19-11-5-3-9-17(19)20)26(33)32-27-29-15-23(34-27)25-30-21-12-6-7-13-22(21)31-25/h2-13,15,20,24H,14H2,1H3,(H,30,31)(H,29,32,33). The van der Waals surface area contributed by atoms with Crippen LogP contribution in [0.4, 0.5) is 5.13 Å². The molecular formula is C28H22N4OS. The highest BCUT2D eigenvalue weighted by Gasteiger charge is 2.53. The van der Waals surface area contributed by atoms with Crippen LogP contribution in [0.5, 0.6) is 0 Å². The summed E-state index contributed by atoms with van der Waals surface area (Å²) in [4.78, 5) is 27.2. The minimum absolute atomic E-state index is 0.0250. The highest BCUT2D eigenvalue weighted by molar-refractivity contribution is 7.19. The van der Waals surface area contributed by atoms with Gasteiger partial charge in [0.15, 0.2) is 5.13 Å². The van der Waals surface area contributed by atoms with Crippen molar-refractivity contribution < 1.29 is 4.79 Å². The summed E-state index contributed by atoms with van der Waals surface area (Å²) in [5, 5.41) is 3.75. The molecule has 0 spiro atoms. The van der Waals surface area contributed by atoms with Crippen molar-refractivity contribution in [2.75, 3.05) is 5.32 Å². The number of aromatic amines is 1. The number of carbonyl (C=O) groups is 1. The first-order valence-electron chi connectivity index (χ1n) is 11.5. The van der Waals surface area contributed by atoms with Crippen molar-refractivity contribution in [2.24, 2.45) is 5.41 Å². The van der Waals surface area contributed by atoms with E-state index < -0.39 is 5.41 Å². The number of imidazole rings is 1. The van der Waals surface area contributed by atoms with Gasteiger partial charge >= 0.3 is 0 Å². The number of carbonyl (C=O) groups excluding carboxylic acids is 1. The molecule has 2 heterocycles. The Morgan fingerprint density at radius 2 is 1.62 bits per heavy atom. The molecule has 8 rings (SSSR count). The first kappa shape index (κ1) is 19.7. The second-order valence-electron chi connectivity index (χ2n) is 9.45. The summed E-state index contributed by atoms with van der Waals surface area (Å²) in [7, 11) is 0. The maximum absolute atomic E-state index is 13.8. The van der Waals surface area contributed by atoms with E-state index in [2.05, 4.69) is 75.7 Å². The van der Waals surface area contributed by atoms with Gasteiger partial charge in [0.2, 0.25) is 5.91 Å². The normalized spacial score (nSPS) is 22.4. The second kappa shape index (κ2) is 7.11. The van der Waals surface area contributed by atoms with E-state index in [-0.39, 0.29) is 17.7 Å². The molecule has 2 N–H and O–H groups in total. The Morgan fingerprint density at radius 1 is 0.971 bits per heavy atom. The number of thiazole rings is 1. The molecule has 0 saturated carbocycles. The molecule has 34 heavy (non-hydrogen) atoms. The van der Waals surface area contributed by atoms with Crippen molar-refractivity contribution in [3.63, 3.8) is 0 Å². The molecule has 5 aromatic rings. The van der Waals surface area contributed by atoms with Gasteiger partial charge in [0, 0.05) is 11.8 Å². The molecule has 1 amide bonds. The molecular weight excluding hydrogens is 440 g/mol. The zero-order chi connectivity index (χ0) is 22.9. The largest absolute Gasteiger partial charge is 0.337 e. The van der Waals surface area contributed by atoms with Gasteiger partial charge in [-0.2, -0.15) is 0 Å². The zero-order valence-electron chi connectivity index (χ0n) is 18.6. The smallest absolute Gasteiger partial charge is 0.233 e. The van der Waals surface area contributed by atoms with Crippen molar-refractivity contribution in [3.8, 4) is 10.7 Å². The van der Waals surface area contributed by atoms with Crippen LogP contribution in [0.3, 0.4) is 0 Å². The summed E-state index contributed by atoms with van der Waals surface area (Å²) in [6, 6.07) is 25.1. The number of para-hydroxylation sites is 2. The number of nitrogens with zero attached hydrogens (tertiary/aromatic N) is 2. The Hall–Kier alpha value is -3.77. The van der Waals surface area contributed by atoms with E-state index in [1.807, 2.05) is 24.3 Å². The topological polar surface area (TPSA) is 70.7 Å². The molecule has 1 atom stereocenters. The molecule has 166 valence electrons. The van der Waals surface area contributed by atoms with Crippen LogP contribution in [0, 0.1) is 5.41 Å². The molecule has 0 aliphatic heterocycles. The molecule has 1 unspecified atom stereocenters. The summed E-state index contributed by atoms with van der Waals surface area (Å²) in [5.41, 5.74) is 6.61. The third-order valence-corrected chi connectivity index (χ3v) is 8.42. The third-order valence-electron chi connectivity index (χ3n) is 7.50. The zero-order valence-corrected chi connectivity index (χ0v) is 19.4. The van der Waals surface area contributed by atoms with Gasteiger partial charge in [0.25, 0.3) is 0 Å². The minimum atomic E-state index is -0.557. The van der Waals surface area contributed by atoms with Gasteiger partial charge in [-0.05, 0) is 47.7 Å². The summed E-state index contributed by atoms with van der Waals surface area (Å²) in [6.07, 6.45) is 2.57. The summed E-state index contributed by atoms with van der Waals surface area (Å²) in [5.74, 6) is 1.05. The van der Waals surface area contributed by atoms with Crippen LogP contribution in [0.15, 0.2) is 79.0 Å². The number of benzene rings is 3. The van der Waals surface area contributed by atoms with Crippen LogP contribution < -0.4 is 5.32 Å². The molecule has 0 radical (unpaired) electrons. The molecule has 0 saturated heterocycles. The Balaban J connectivity index is 1.22. The number of anilines is 1. The average Bonchev–Trinajstić information content (AvgIpc) is 3.51. The van der Waals surface area contributed by atoms with Gasteiger partial charge in [0.1, 0.15) is 5.82 Å². The fourth-order valence-electron chi connectivity index (χ4n) is 5.94. The Morgan fingerprint density at radius 3 is 2.32 bits per heavy atom. The van der Waals surface area contributed by atoms with Gasteiger partial charge in [-0.1, -0.05) is 72.0 Å². The summed E-state index contributed by atoms with van der Waals surface area (Å²) >= 11 is 1.45. The lowest BCUT2D eigenvalue weighted by Gasteiger charge is -2.50. The number of hydrogen-bond acceptors (Lipinski definition) is 4. The fraction of sp³-hybridized carbons (Fsp3) is 0.179. The van der Waals surface area contributed by atoms with E-state index >= 15 is 0 Å². The van der Waals surface area contributed by atoms with Gasteiger partial charge in [-0.15, -0.1) is 0 Å². The number of rotatable bonds is 3. The Labute approximate surface area is 200 Å². The number of aromatic nitrogens is 3. The minimum Gasteiger partial charge on any atom is -0.337 e. The number of H-pyrrole nitrogens is 1. The molecule has 3 aliphatic carbocycles. The van der Waals surface area contributed by atoms with E-state index in [0.29, 0.717) is 5.13 Å². The van der Waals surface area contributed by atoms with Gasteiger partial charge in [-0.25, -0.2) is 9.97 Å². The van der Waals surface area contributed by atoms with Crippen LogP contribution >= 0.6 is 11.3 Å². The fourth-order valence-corrected chi connectivity index (χ4v) is 6.70. The van der Waals surface area contributed by atoms with E-state index in [9.17, 15) is 4.79 Å². The molecule has 6 heteroatoms. The molecule has 0 fully saturated rings. The third kappa shape index (κ3) is 2.75. The van der Waals surface area contributed by atoms with Crippen LogP contribution in [0.1, 0.15) is 47.4 Å². The van der Waals surface area contributed by atoms with Crippen LogP contribution in [0.2, 0.25) is 0 Å². The Bertz CT molecular complexity index is 1500. The van der Waals surface area contributed by atoms with Crippen molar-refractivity contribution in [1.82, 2.24) is 15.0 Å². The lowest BCUT2D eigenvalue weighted by molar-refractivity contribution is -0.126. The SMILES string of the molecule is CC1(C(=O)Nc2ncc(-c3nc4ccccc4[nH]3)s2)CC2c3ccccc3C1c1ccccc12. The van der Waals surface area contributed by atoms with E-state index in [1.165, 1.54) is 33.6 Å². The van der Waals surface area contributed by atoms with Gasteiger partial charge in [0.05, 0.1) is 27.5 Å². The van der Waals surface area contributed by atoms with E-state index in [1.54, 1.807) is 6.20 Å². The number of fused-ring (bicyclic) bond motifs is 2. The van der Waals surface area contributed by atoms with Crippen molar-refractivity contribution in [2.45, 2.75) is 25.2 Å². The quantitative estimate of drug-likeness (QED) is 0.330. The molecule has 3 aliphatic rings. The van der Waals surface area contributed by atoms with Crippen LogP contribution in [-0.2, 0) is 4.79 Å². The van der Waals surface area contributed by atoms with Crippen molar-refractivity contribution in [1.29, 1.82) is 0 Å². The van der Waals surface area contributed by atoms with E-state index in [0.717, 1.165) is 28.2 Å². The lowest BCUT2D eigenvalue weighted by atomic mass is 9.52. The highest BCUT2D eigenvalue weighted by Crippen LogP contribution is 2.61. The van der Waals surface area contributed by atoms with E-state index in [4.69, 9.17) is 0 Å². The number of hydrogen-bond donors (Lipinski definition) is 2. The first-order chi connectivity index (χ1) is 16.6. The predicted molar refractivity (Wildman–Crippen MR) is 135 cm³/mol. The van der Waals surface area contributed by atoms with Crippen LogP contribution in [-0.4, -0.2) is 20.9 Å². The number of nitrogens with one attached hydrogen (secondary N) is 2. The van der Waals surface area contributed by atoms with Gasteiger partial charge < -0.3 is 10.3 Å².